The van der Waals surface area contributed by atoms with E-state index in [1.807, 2.05) is 29.2 Å². The first kappa shape index (κ1) is 17.8. The van der Waals surface area contributed by atoms with Crippen LogP contribution in [-0.2, 0) is 4.79 Å². The highest BCUT2D eigenvalue weighted by Crippen LogP contribution is 2.25. The van der Waals surface area contributed by atoms with Crippen LogP contribution < -0.4 is 11.1 Å². The topological polar surface area (TPSA) is 75.4 Å². The molecular weight excluding hydrogens is 310 g/mol. The summed E-state index contributed by atoms with van der Waals surface area (Å²) in [5.74, 6) is 0.522. The van der Waals surface area contributed by atoms with Gasteiger partial charge in [-0.05, 0) is 44.0 Å². The Bertz CT molecular complexity index is 542. The summed E-state index contributed by atoms with van der Waals surface area (Å²) in [5.41, 5.74) is 5.87. The Hall–Kier alpha value is -1.53. The second-order valence-electron chi connectivity index (χ2n) is 5.79. The molecular formula is C17H25N3O2S. The summed E-state index contributed by atoms with van der Waals surface area (Å²) in [6.07, 6.45) is 2.07. The fourth-order valence-corrected chi connectivity index (χ4v) is 3.56. The number of hydrogen-bond acceptors (Lipinski definition) is 4. The van der Waals surface area contributed by atoms with Gasteiger partial charge >= 0.3 is 0 Å². The lowest BCUT2D eigenvalue weighted by Crippen LogP contribution is -2.41. The van der Waals surface area contributed by atoms with E-state index in [0.29, 0.717) is 11.5 Å². The number of hydrogen-bond donors (Lipinski definition) is 2. The zero-order valence-electron chi connectivity index (χ0n) is 13.6. The lowest BCUT2D eigenvalue weighted by molar-refractivity contribution is -0.115. The third kappa shape index (κ3) is 5.25. The van der Waals surface area contributed by atoms with Gasteiger partial charge in [-0.3, -0.25) is 9.59 Å². The predicted molar refractivity (Wildman–Crippen MR) is 93.5 cm³/mol. The van der Waals surface area contributed by atoms with E-state index < -0.39 is 0 Å². The van der Waals surface area contributed by atoms with Crippen molar-refractivity contribution in [1.82, 2.24) is 10.2 Å². The highest BCUT2D eigenvalue weighted by molar-refractivity contribution is 8.00. The number of nitrogens with one attached hydrogen (secondary N) is 1. The Balaban J connectivity index is 1.97. The Morgan fingerprint density at radius 2 is 2.00 bits per heavy atom. The first-order valence-corrected chi connectivity index (χ1v) is 9.10. The lowest BCUT2D eigenvalue weighted by atomic mass is 9.96. The minimum absolute atomic E-state index is 0.0551. The molecule has 6 heteroatoms. The number of piperidine rings is 1. The number of amides is 2. The van der Waals surface area contributed by atoms with Gasteiger partial charge in [0.25, 0.3) is 5.91 Å². The van der Waals surface area contributed by atoms with Crippen molar-refractivity contribution in [2.45, 2.75) is 24.7 Å². The summed E-state index contributed by atoms with van der Waals surface area (Å²) in [6, 6.07) is 7.44. The van der Waals surface area contributed by atoms with E-state index in [1.54, 1.807) is 0 Å². The van der Waals surface area contributed by atoms with Crippen molar-refractivity contribution in [3.63, 3.8) is 0 Å². The average Bonchev–Trinajstić information content (AvgIpc) is 2.58. The number of primary amides is 1. The Morgan fingerprint density at radius 1 is 1.30 bits per heavy atom. The van der Waals surface area contributed by atoms with Gasteiger partial charge in [0.15, 0.2) is 0 Å². The van der Waals surface area contributed by atoms with Crippen molar-refractivity contribution in [2.75, 3.05) is 31.9 Å². The molecule has 1 aromatic rings. The second kappa shape index (κ2) is 8.93. The van der Waals surface area contributed by atoms with Crippen LogP contribution in [0.2, 0.25) is 0 Å². The van der Waals surface area contributed by atoms with Gasteiger partial charge in [-0.2, -0.15) is 0 Å². The average molecular weight is 335 g/mol. The number of carbonyl (C=O) groups is 2. The van der Waals surface area contributed by atoms with Gasteiger partial charge < -0.3 is 16.0 Å². The first-order chi connectivity index (χ1) is 11.1. The third-order valence-corrected chi connectivity index (χ3v) is 5.17. The summed E-state index contributed by atoms with van der Waals surface area (Å²) in [4.78, 5) is 26.5. The molecule has 2 amide bonds. The number of thioether (sulfide) groups is 1. The van der Waals surface area contributed by atoms with E-state index in [0.717, 1.165) is 43.9 Å². The van der Waals surface area contributed by atoms with Crippen LogP contribution in [0.4, 0.5) is 0 Å². The fourth-order valence-electron chi connectivity index (χ4n) is 2.78. The van der Waals surface area contributed by atoms with Crippen molar-refractivity contribution in [3.8, 4) is 0 Å². The zero-order chi connectivity index (χ0) is 16.7. The summed E-state index contributed by atoms with van der Waals surface area (Å²) in [7, 11) is 0. The molecule has 0 aliphatic carbocycles. The van der Waals surface area contributed by atoms with Crippen molar-refractivity contribution in [1.29, 1.82) is 0 Å². The van der Waals surface area contributed by atoms with Gasteiger partial charge in [-0.25, -0.2) is 0 Å². The monoisotopic (exact) mass is 335 g/mol. The van der Waals surface area contributed by atoms with E-state index in [4.69, 9.17) is 5.73 Å². The molecule has 0 spiro atoms. The van der Waals surface area contributed by atoms with Crippen molar-refractivity contribution >= 4 is 23.6 Å². The van der Waals surface area contributed by atoms with Gasteiger partial charge in [-0.15, -0.1) is 11.8 Å². The quantitative estimate of drug-likeness (QED) is 0.744. The standard InChI is InChI=1S/C17H25N3O2S/c1-2-19-11-13-7-9-20(10-8-13)17(22)14-5-3-4-6-15(14)23-12-16(18)21/h3-6,13,19H,2,7-12H2,1H3,(H2,18,21). The Labute approximate surface area is 142 Å². The van der Waals surface area contributed by atoms with Crippen LogP contribution in [0, 0.1) is 5.92 Å². The van der Waals surface area contributed by atoms with E-state index in [2.05, 4.69) is 12.2 Å². The first-order valence-electron chi connectivity index (χ1n) is 8.12. The maximum Gasteiger partial charge on any atom is 0.254 e. The largest absolute Gasteiger partial charge is 0.369 e. The highest BCUT2D eigenvalue weighted by Gasteiger charge is 2.24. The molecule has 0 saturated carbocycles. The van der Waals surface area contributed by atoms with Crippen molar-refractivity contribution in [2.24, 2.45) is 11.7 Å². The molecule has 0 radical (unpaired) electrons. The van der Waals surface area contributed by atoms with Crippen LogP contribution in [-0.4, -0.2) is 48.6 Å². The molecule has 1 saturated heterocycles. The predicted octanol–water partition coefficient (Wildman–Crippen LogP) is 1.73. The van der Waals surface area contributed by atoms with Gasteiger partial charge in [0.2, 0.25) is 5.91 Å². The minimum atomic E-state index is -0.374. The highest BCUT2D eigenvalue weighted by atomic mass is 32.2. The molecule has 1 fully saturated rings. The maximum atomic E-state index is 12.8. The summed E-state index contributed by atoms with van der Waals surface area (Å²) < 4.78 is 0. The van der Waals surface area contributed by atoms with E-state index in [-0.39, 0.29) is 17.6 Å². The van der Waals surface area contributed by atoms with Gasteiger partial charge in [0.1, 0.15) is 0 Å². The van der Waals surface area contributed by atoms with Gasteiger partial charge in [0, 0.05) is 18.0 Å². The third-order valence-electron chi connectivity index (χ3n) is 4.07. The van der Waals surface area contributed by atoms with Crippen LogP contribution in [0.15, 0.2) is 29.2 Å². The van der Waals surface area contributed by atoms with Crippen molar-refractivity contribution in [3.05, 3.63) is 29.8 Å². The molecule has 1 aromatic carbocycles. The normalized spacial score (nSPS) is 15.6. The molecule has 5 nitrogen and oxygen atoms in total. The Kier molecular flexibility index (Phi) is 6.92. The minimum Gasteiger partial charge on any atom is -0.369 e. The van der Waals surface area contributed by atoms with Gasteiger partial charge in [0.05, 0.1) is 11.3 Å². The molecule has 1 aliphatic rings. The van der Waals surface area contributed by atoms with Crippen LogP contribution in [0.25, 0.3) is 0 Å². The lowest BCUT2D eigenvalue weighted by Gasteiger charge is -2.32. The Morgan fingerprint density at radius 3 is 2.65 bits per heavy atom. The van der Waals surface area contributed by atoms with Crippen LogP contribution in [0.5, 0.6) is 0 Å². The molecule has 0 atom stereocenters. The van der Waals surface area contributed by atoms with Crippen LogP contribution in [0.3, 0.4) is 0 Å². The van der Waals surface area contributed by atoms with E-state index in [9.17, 15) is 9.59 Å². The van der Waals surface area contributed by atoms with Crippen molar-refractivity contribution < 1.29 is 9.59 Å². The summed E-state index contributed by atoms with van der Waals surface area (Å²) in [5, 5.41) is 3.38. The molecule has 0 aromatic heterocycles. The molecule has 3 N–H and O–H groups in total. The molecule has 2 rings (SSSR count). The number of nitrogens with two attached hydrogens (primary N) is 1. The summed E-state index contributed by atoms with van der Waals surface area (Å²) >= 11 is 1.33. The molecule has 1 aliphatic heterocycles. The van der Waals surface area contributed by atoms with Gasteiger partial charge in [-0.1, -0.05) is 19.1 Å². The SMILES string of the molecule is CCNCC1CCN(C(=O)c2ccccc2SCC(N)=O)CC1. The molecule has 0 bridgehead atoms. The second-order valence-corrected chi connectivity index (χ2v) is 6.81. The molecule has 1 heterocycles. The molecule has 126 valence electrons. The smallest absolute Gasteiger partial charge is 0.254 e. The summed E-state index contributed by atoms with van der Waals surface area (Å²) in [6.45, 7) is 5.72. The fraction of sp³-hybridized carbons (Fsp3) is 0.529. The van der Waals surface area contributed by atoms with E-state index >= 15 is 0 Å². The van der Waals surface area contributed by atoms with Crippen LogP contribution in [0.1, 0.15) is 30.1 Å². The number of carbonyl (C=O) groups excluding carboxylic acids is 2. The van der Waals surface area contributed by atoms with E-state index in [1.165, 1.54) is 11.8 Å². The number of rotatable bonds is 7. The maximum absolute atomic E-state index is 12.8. The number of benzene rings is 1. The zero-order valence-corrected chi connectivity index (χ0v) is 14.4. The molecule has 23 heavy (non-hydrogen) atoms. The molecule has 0 unspecified atom stereocenters. The van der Waals surface area contributed by atoms with Crippen LogP contribution >= 0.6 is 11.8 Å². The number of nitrogens with zero attached hydrogens (tertiary/aromatic N) is 1. The number of likely N-dealkylation sites (tertiary alicyclic amines) is 1.